The first-order chi connectivity index (χ1) is 18.0. The van der Waals surface area contributed by atoms with E-state index in [0.29, 0.717) is 52.6 Å². The maximum atomic E-state index is 13.8. The number of fused-ring (bicyclic) bond motifs is 3. The molecule has 0 aliphatic carbocycles. The van der Waals surface area contributed by atoms with E-state index in [4.69, 9.17) is 18.6 Å². The van der Waals surface area contributed by atoms with E-state index in [1.165, 1.54) is 0 Å². The summed E-state index contributed by atoms with van der Waals surface area (Å²) >= 11 is 0. The number of para-hydroxylation sites is 1. The van der Waals surface area contributed by atoms with E-state index < -0.39 is 5.91 Å². The molecule has 1 N–H and O–H groups in total. The SMILES string of the molecule is COc1c2c(c(NC(=O)c3cccc4c(=O)c(C)c(-c5ccccc5)oc34)c3c1OCO3)CCN(C)C2. The number of methoxy groups -OCH3 is 1. The van der Waals surface area contributed by atoms with Crippen LogP contribution in [0.5, 0.6) is 17.2 Å². The van der Waals surface area contributed by atoms with Crippen molar-refractivity contribution in [3.63, 3.8) is 0 Å². The molecular formula is C29H26N2O6. The predicted octanol–water partition coefficient (Wildman–Crippen LogP) is 4.75. The van der Waals surface area contributed by atoms with Crippen LogP contribution in [-0.4, -0.2) is 38.3 Å². The van der Waals surface area contributed by atoms with Gasteiger partial charge in [-0.3, -0.25) is 9.59 Å². The topological polar surface area (TPSA) is 90.2 Å². The van der Waals surface area contributed by atoms with Crippen LogP contribution in [0.1, 0.15) is 27.0 Å². The van der Waals surface area contributed by atoms with Crippen molar-refractivity contribution in [3.05, 3.63) is 81.0 Å². The van der Waals surface area contributed by atoms with Gasteiger partial charge >= 0.3 is 0 Å². The summed E-state index contributed by atoms with van der Waals surface area (Å²) in [5.74, 6) is 1.61. The minimum atomic E-state index is -0.402. The minimum absolute atomic E-state index is 0.0378. The van der Waals surface area contributed by atoms with Crippen LogP contribution in [0, 0.1) is 6.92 Å². The second-order valence-corrected chi connectivity index (χ2v) is 9.31. The van der Waals surface area contributed by atoms with Crippen LogP contribution in [0.2, 0.25) is 0 Å². The Hall–Kier alpha value is -4.30. The van der Waals surface area contributed by atoms with Gasteiger partial charge in [-0.15, -0.1) is 0 Å². The number of ether oxygens (including phenoxy) is 3. The first-order valence-corrected chi connectivity index (χ1v) is 12.1. The maximum absolute atomic E-state index is 13.8. The summed E-state index contributed by atoms with van der Waals surface area (Å²) in [4.78, 5) is 29.2. The zero-order valence-electron chi connectivity index (χ0n) is 20.8. The highest BCUT2D eigenvalue weighted by Crippen LogP contribution is 2.52. The third kappa shape index (κ3) is 3.72. The van der Waals surface area contributed by atoms with Gasteiger partial charge in [0.2, 0.25) is 12.5 Å². The summed E-state index contributed by atoms with van der Waals surface area (Å²) in [5.41, 5.74) is 4.08. The number of nitrogens with zero attached hydrogens (tertiary/aromatic N) is 1. The van der Waals surface area contributed by atoms with Crippen LogP contribution in [0.3, 0.4) is 0 Å². The molecule has 8 nitrogen and oxygen atoms in total. The first-order valence-electron chi connectivity index (χ1n) is 12.1. The van der Waals surface area contributed by atoms with Crippen molar-refractivity contribution in [2.75, 3.05) is 32.8 Å². The molecule has 0 spiro atoms. The molecule has 0 saturated heterocycles. The van der Waals surface area contributed by atoms with Gasteiger partial charge in [-0.25, -0.2) is 0 Å². The maximum Gasteiger partial charge on any atom is 0.259 e. The Balaban J connectivity index is 1.49. The molecule has 0 unspecified atom stereocenters. The van der Waals surface area contributed by atoms with Crippen molar-refractivity contribution in [3.8, 4) is 28.6 Å². The van der Waals surface area contributed by atoms with E-state index in [9.17, 15) is 9.59 Å². The molecule has 2 aliphatic rings. The smallest absolute Gasteiger partial charge is 0.259 e. The lowest BCUT2D eigenvalue weighted by molar-refractivity contribution is 0.102. The highest BCUT2D eigenvalue weighted by molar-refractivity contribution is 6.12. The second kappa shape index (κ2) is 8.97. The number of anilines is 1. The Labute approximate surface area is 213 Å². The number of likely N-dealkylation sites (N-methyl/N-ethyl adjacent to an activating group) is 1. The normalized spacial score (nSPS) is 14.5. The van der Waals surface area contributed by atoms with Crippen LogP contribution in [0.4, 0.5) is 5.69 Å². The van der Waals surface area contributed by atoms with E-state index in [1.807, 2.05) is 37.4 Å². The van der Waals surface area contributed by atoms with E-state index in [1.54, 1.807) is 32.2 Å². The molecule has 0 radical (unpaired) electrons. The zero-order chi connectivity index (χ0) is 25.7. The Kier molecular flexibility index (Phi) is 5.61. The van der Waals surface area contributed by atoms with Gasteiger partial charge in [0.05, 0.1) is 23.7 Å². The van der Waals surface area contributed by atoms with E-state index in [-0.39, 0.29) is 23.4 Å². The fourth-order valence-electron chi connectivity index (χ4n) is 5.17. The minimum Gasteiger partial charge on any atom is -0.492 e. The Morgan fingerprint density at radius 2 is 1.81 bits per heavy atom. The lowest BCUT2D eigenvalue weighted by Crippen LogP contribution is -2.28. The molecule has 3 aromatic carbocycles. The molecular weight excluding hydrogens is 472 g/mol. The highest BCUT2D eigenvalue weighted by Gasteiger charge is 2.33. The van der Waals surface area contributed by atoms with Crippen molar-refractivity contribution >= 4 is 22.6 Å². The summed E-state index contributed by atoms with van der Waals surface area (Å²) in [6.45, 7) is 3.25. The fraction of sp³-hybridized carbons (Fsp3) is 0.241. The Morgan fingerprint density at radius 3 is 2.59 bits per heavy atom. The average Bonchev–Trinajstić information content (AvgIpc) is 3.40. The number of hydrogen-bond donors (Lipinski definition) is 1. The summed E-state index contributed by atoms with van der Waals surface area (Å²) < 4.78 is 23.5. The molecule has 1 amide bonds. The second-order valence-electron chi connectivity index (χ2n) is 9.31. The number of carbonyl (C=O) groups excluding carboxylic acids is 1. The Bertz CT molecular complexity index is 1610. The van der Waals surface area contributed by atoms with Crippen molar-refractivity contribution in [2.24, 2.45) is 0 Å². The third-order valence-corrected chi connectivity index (χ3v) is 7.03. The van der Waals surface area contributed by atoms with Crippen molar-refractivity contribution in [2.45, 2.75) is 19.9 Å². The van der Waals surface area contributed by atoms with Crippen molar-refractivity contribution < 1.29 is 23.4 Å². The molecule has 0 saturated carbocycles. The monoisotopic (exact) mass is 498 g/mol. The molecule has 0 fully saturated rings. The van der Waals surface area contributed by atoms with E-state index >= 15 is 0 Å². The van der Waals surface area contributed by atoms with Gasteiger partial charge in [-0.2, -0.15) is 0 Å². The molecule has 37 heavy (non-hydrogen) atoms. The highest BCUT2D eigenvalue weighted by atomic mass is 16.7. The fourth-order valence-corrected chi connectivity index (χ4v) is 5.17. The van der Waals surface area contributed by atoms with Gasteiger partial charge in [0.25, 0.3) is 5.91 Å². The molecule has 4 aromatic rings. The average molecular weight is 499 g/mol. The molecule has 2 aliphatic heterocycles. The number of amides is 1. The van der Waals surface area contributed by atoms with Crippen LogP contribution >= 0.6 is 0 Å². The van der Waals surface area contributed by atoms with Crippen LogP contribution in [0.15, 0.2) is 57.7 Å². The number of benzene rings is 3. The van der Waals surface area contributed by atoms with Crippen LogP contribution in [0.25, 0.3) is 22.3 Å². The standard InChI is InChI=1S/C29H26N2O6/c1-16-23(32)19-10-7-11-20(25(19)37-24(16)17-8-5-4-6-9-17)29(33)30-22-18-12-13-31(2)14-21(18)26(34-3)28-27(22)35-15-36-28/h4-11H,12-15H2,1-3H3,(H,30,33). The molecule has 3 heterocycles. The largest absolute Gasteiger partial charge is 0.492 e. The quantitative estimate of drug-likeness (QED) is 0.434. The molecule has 188 valence electrons. The van der Waals surface area contributed by atoms with Gasteiger partial charge in [0.15, 0.2) is 22.5 Å². The summed E-state index contributed by atoms with van der Waals surface area (Å²) in [7, 11) is 3.64. The molecule has 1 aromatic heterocycles. The summed E-state index contributed by atoms with van der Waals surface area (Å²) in [6.07, 6.45) is 0.705. The summed E-state index contributed by atoms with van der Waals surface area (Å²) in [6, 6.07) is 14.4. The first kappa shape index (κ1) is 23.1. The van der Waals surface area contributed by atoms with E-state index in [2.05, 4.69) is 10.2 Å². The summed E-state index contributed by atoms with van der Waals surface area (Å²) in [5, 5.41) is 3.41. The Morgan fingerprint density at radius 1 is 1.03 bits per heavy atom. The lowest BCUT2D eigenvalue weighted by atomic mass is 9.95. The molecule has 6 rings (SSSR count). The molecule has 0 atom stereocenters. The van der Waals surface area contributed by atoms with Gasteiger partial charge in [0, 0.05) is 29.8 Å². The van der Waals surface area contributed by atoms with Crippen LogP contribution < -0.4 is 25.0 Å². The number of nitrogens with one attached hydrogen (secondary N) is 1. The van der Waals surface area contributed by atoms with E-state index in [0.717, 1.165) is 23.2 Å². The third-order valence-electron chi connectivity index (χ3n) is 7.03. The molecule has 8 heteroatoms. The van der Waals surface area contributed by atoms with Crippen molar-refractivity contribution in [1.82, 2.24) is 4.90 Å². The number of rotatable bonds is 4. The van der Waals surface area contributed by atoms with Gasteiger partial charge in [-0.05, 0) is 38.1 Å². The lowest BCUT2D eigenvalue weighted by Gasteiger charge is -2.29. The number of carbonyl (C=O) groups is 1. The van der Waals surface area contributed by atoms with Crippen LogP contribution in [-0.2, 0) is 13.0 Å². The molecule has 0 bridgehead atoms. The predicted molar refractivity (Wildman–Crippen MR) is 140 cm³/mol. The van der Waals surface area contributed by atoms with Gasteiger partial charge in [-0.1, -0.05) is 36.4 Å². The number of hydrogen-bond acceptors (Lipinski definition) is 7. The van der Waals surface area contributed by atoms with Gasteiger partial charge < -0.3 is 28.8 Å². The van der Waals surface area contributed by atoms with Crippen molar-refractivity contribution in [1.29, 1.82) is 0 Å². The van der Waals surface area contributed by atoms with Gasteiger partial charge in [0.1, 0.15) is 5.76 Å². The zero-order valence-corrected chi connectivity index (χ0v) is 20.8.